The minimum Gasteiger partial charge on any atom is -0.372 e. The Bertz CT molecular complexity index is 281. The van der Waals surface area contributed by atoms with Gasteiger partial charge in [-0.3, -0.25) is 0 Å². The Labute approximate surface area is 85.1 Å². The van der Waals surface area contributed by atoms with Crippen LogP contribution >= 0.6 is 0 Å². The highest BCUT2D eigenvalue weighted by Gasteiger charge is 2.15. The van der Waals surface area contributed by atoms with Crippen LogP contribution in [0.25, 0.3) is 0 Å². The summed E-state index contributed by atoms with van der Waals surface area (Å²) in [5.41, 5.74) is 5.71. The van der Waals surface area contributed by atoms with Crippen LogP contribution in [-0.4, -0.2) is 21.7 Å². The van der Waals surface area contributed by atoms with Gasteiger partial charge in [-0.25, -0.2) is 4.98 Å². The van der Waals surface area contributed by atoms with Crippen molar-refractivity contribution in [3.63, 3.8) is 0 Å². The molecule has 0 amide bonds. The normalized spacial score (nSPS) is 15.4. The highest BCUT2D eigenvalue weighted by Crippen LogP contribution is 2.06. The fourth-order valence-electron chi connectivity index (χ4n) is 1.01. The van der Waals surface area contributed by atoms with Crippen LogP contribution in [-0.2, 0) is 18.4 Å². The number of hydrogen-bond donors (Lipinski definition) is 1. The number of imidazole rings is 1. The summed E-state index contributed by atoms with van der Waals surface area (Å²) in [6, 6.07) is 0. The van der Waals surface area contributed by atoms with Crippen molar-refractivity contribution in [2.24, 2.45) is 12.8 Å². The lowest BCUT2D eigenvalue weighted by molar-refractivity contribution is 0.0723. The summed E-state index contributed by atoms with van der Waals surface area (Å²) in [4.78, 5) is 4.16. The molecule has 14 heavy (non-hydrogen) atoms. The Kier molecular flexibility index (Phi) is 3.66. The molecule has 0 saturated carbocycles. The van der Waals surface area contributed by atoms with Crippen LogP contribution in [0.5, 0.6) is 0 Å². The van der Waals surface area contributed by atoms with Crippen molar-refractivity contribution >= 4 is 0 Å². The number of hydrogen-bond acceptors (Lipinski definition) is 3. The summed E-state index contributed by atoms with van der Waals surface area (Å²) in [6.45, 7) is 5.14. The van der Waals surface area contributed by atoms with Crippen molar-refractivity contribution in [3.05, 3.63) is 18.2 Å². The van der Waals surface area contributed by atoms with Gasteiger partial charge in [0.05, 0.1) is 6.61 Å². The third-order valence-corrected chi connectivity index (χ3v) is 2.39. The second-order valence-corrected chi connectivity index (χ2v) is 3.95. The third-order valence-electron chi connectivity index (χ3n) is 2.39. The van der Waals surface area contributed by atoms with E-state index in [1.54, 1.807) is 6.20 Å². The zero-order valence-electron chi connectivity index (χ0n) is 9.16. The highest BCUT2D eigenvalue weighted by atomic mass is 16.5. The smallest absolute Gasteiger partial charge is 0.134 e. The van der Waals surface area contributed by atoms with Gasteiger partial charge in [-0.05, 0) is 13.3 Å². The van der Waals surface area contributed by atoms with E-state index in [-0.39, 0.29) is 5.54 Å². The zero-order valence-corrected chi connectivity index (χ0v) is 9.16. The fourth-order valence-corrected chi connectivity index (χ4v) is 1.01. The van der Waals surface area contributed by atoms with E-state index in [9.17, 15) is 0 Å². The van der Waals surface area contributed by atoms with E-state index in [1.165, 1.54) is 0 Å². The largest absolute Gasteiger partial charge is 0.372 e. The maximum atomic E-state index is 5.94. The van der Waals surface area contributed by atoms with Crippen LogP contribution in [0.3, 0.4) is 0 Å². The molecular formula is C10H19N3O. The highest BCUT2D eigenvalue weighted by molar-refractivity contribution is 4.89. The van der Waals surface area contributed by atoms with Crippen molar-refractivity contribution < 1.29 is 4.74 Å². The van der Waals surface area contributed by atoms with Crippen LogP contribution in [0.1, 0.15) is 26.1 Å². The molecule has 1 atom stereocenters. The monoisotopic (exact) mass is 197 g/mol. The molecule has 80 valence electrons. The Morgan fingerprint density at radius 2 is 2.36 bits per heavy atom. The summed E-state index contributed by atoms with van der Waals surface area (Å²) in [5, 5.41) is 0. The summed E-state index contributed by atoms with van der Waals surface area (Å²) in [6.07, 6.45) is 4.58. The predicted octanol–water partition coefficient (Wildman–Crippen LogP) is 1.06. The molecule has 0 spiro atoms. The number of nitrogens with zero attached hydrogens (tertiary/aromatic N) is 2. The molecule has 0 fully saturated rings. The molecule has 0 saturated heterocycles. The molecule has 4 heteroatoms. The van der Waals surface area contributed by atoms with Gasteiger partial charge >= 0.3 is 0 Å². The van der Waals surface area contributed by atoms with Crippen LogP contribution < -0.4 is 5.73 Å². The minimum atomic E-state index is -0.231. The van der Waals surface area contributed by atoms with Gasteiger partial charge in [0, 0.05) is 25.0 Å². The molecule has 0 bridgehead atoms. The molecule has 1 heterocycles. The van der Waals surface area contributed by atoms with E-state index < -0.39 is 0 Å². The quantitative estimate of drug-likeness (QED) is 0.768. The van der Waals surface area contributed by atoms with Crippen molar-refractivity contribution in [3.8, 4) is 0 Å². The predicted molar refractivity (Wildman–Crippen MR) is 55.7 cm³/mol. The molecule has 1 aromatic heterocycles. The van der Waals surface area contributed by atoms with E-state index in [2.05, 4.69) is 11.9 Å². The van der Waals surface area contributed by atoms with Crippen molar-refractivity contribution in [1.82, 2.24) is 9.55 Å². The van der Waals surface area contributed by atoms with E-state index in [0.29, 0.717) is 13.2 Å². The van der Waals surface area contributed by atoms with Crippen LogP contribution in [0, 0.1) is 0 Å². The van der Waals surface area contributed by atoms with Crippen LogP contribution in [0.4, 0.5) is 0 Å². The molecule has 0 aliphatic carbocycles. The Morgan fingerprint density at radius 3 is 2.86 bits per heavy atom. The van der Waals surface area contributed by atoms with E-state index in [0.717, 1.165) is 12.2 Å². The first-order valence-electron chi connectivity index (χ1n) is 4.88. The number of rotatable bonds is 5. The molecule has 1 rings (SSSR count). The van der Waals surface area contributed by atoms with Gasteiger partial charge in [0.1, 0.15) is 12.4 Å². The van der Waals surface area contributed by atoms with Gasteiger partial charge in [0.15, 0.2) is 0 Å². The first-order valence-corrected chi connectivity index (χ1v) is 4.88. The Balaban J connectivity index is 2.32. The standard InChI is InChI=1S/C10H19N3O/c1-4-10(2,11)8-14-7-9-12-5-6-13(9)3/h5-6H,4,7-8,11H2,1-3H3. The molecule has 1 unspecified atom stereocenters. The van der Waals surface area contributed by atoms with Gasteiger partial charge in [0.25, 0.3) is 0 Å². The zero-order chi connectivity index (χ0) is 10.6. The SMILES string of the molecule is CCC(C)(N)COCc1nccn1C. The molecular weight excluding hydrogens is 178 g/mol. The lowest BCUT2D eigenvalue weighted by Gasteiger charge is -2.22. The van der Waals surface area contributed by atoms with Crippen molar-refractivity contribution in [1.29, 1.82) is 0 Å². The summed E-state index contributed by atoms with van der Waals surface area (Å²) >= 11 is 0. The van der Waals surface area contributed by atoms with Gasteiger partial charge in [-0.1, -0.05) is 6.92 Å². The van der Waals surface area contributed by atoms with Gasteiger partial charge in [0.2, 0.25) is 0 Å². The van der Waals surface area contributed by atoms with Gasteiger partial charge in [-0.2, -0.15) is 0 Å². The summed E-state index contributed by atoms with van der Waals surface area (Å²) in [5.74, 6) is 0.928. The number of aromatic nitrogens is 2. The average Bonchev–Trinajstić information content (AvgIpc) is 2.52. The lowest BCUT2D eigenvalue weighted by atomic mass is 10.0. The van der Waals surface area contributed by atoms with E-state index in [1.807, 2.05) is 24.7 Å². The average molecular weight is 197 g/mol. The Morgan fingerprint density at radius 1 is 1.64 bits per heavy atom. The minimum absolute atomic E-state index is 0.231. The number of aryl methyl sites for hydroxylation is 1. The molecule has 0 aliphatic rings. The van der Waals surface area contributed by atoms with Crippen LogP contribution in [0.15, 0.2) is 12.4 Å². The second-order valence-electron chi connectivity index (χ2n) is 3.95. The first kappa shape index (κ1) is 11.2. The maximum Gasteiger partial charge on any atom is 0.134 e. The molecule has 1 aromatic rings. The van der Waals surface area contributed by atoms with Gasteiger partial charge < -0.3 is 15.0 Å². The Hall–Kier alpha value is -0.870. The molecule has 0 radical (unpaired) electrons. The molecule has 0 aliphatic heterocycles. The van der Waals surface area contributed by atoms with E-state index >= 15 is 0 Å². The molecule has 4 nitrogen and oxygen atoms in total. The van der Waals surface area contributed by atoms with Crippen LogP contribution in [0.2, 0.25) is 0 Å². The second kappa shape index (κ2) is 4.57. The number of ether oxygens (including phenoxy) is 1. The summed E-state index contributed by atoms with van der Waals surface area (Å²) < 4.78 is 7.45. The van der Waals surface area contributed by atoms with Gasteiger partial charge in [-0.15, -0.1) is 0 Å². The first-order chi connectivity index (χ1) is 6.55. The fraction of sp³-hybridized carbons (Fsp3) is 0.700. The summed E-state index contributed by atoms with van der Waals surface area (Å²) in [7, 11) is 1.95. The molecule has 2 N–H and O–H groups in total. The number of nitrogens with two attached hydrogens (primary N) is 1. The van der Waals surface area contributed by atoms with E-state index in [4.69, 9.17) is 10.5 Å². The lowest BCUT2D eigenvalue weighted by Crippen LogP contribution is -2.40. The topological polar surface area (TPSA) is 53.1 Å². The molecule has 0 aromatic carbocycles. The third kappa shape index (κ3) is 3.12. The van der Waals surface area contributed by atoms with Crippen molar-refractivity contribution in [2.75, 3.05) is 6.61 Å². The maximum absolute atomic E-state index is 5.94. The van der Waals surface area contributed by atoms with Crippen molar-refractivity contribution in [2.45, 2.75) is 32.4 Å².